The number of ether oxygens (including phenoxy) is 1. The fourth-order valence-corrected chi connectivity index (χ4v) is 3.74. The summed E-state index contributed by atoms with van der Waals surface area (Å²) in [4.78, 5) is 38.8. The number of aliphatic hydroxyl groups excluding tert-OH is 1. The lowest BCUT2D eigenvalue weighted by Crippen LogP contribution is -2.29. The highest BCUT2D eigenvalue weighted by atomic mass is 16.5. The maximum absolute atomic E-state index is 13.1. The maximum atomic E-state index is 13.1. The first kappa shape index (κ1) is 20.9. The number of nitrogens with zero attached hydrogens (tertiary/aromatic N) is 1. The van der Waals surface area contributed by atoms with Crippen molar-refractivity contribution in [2.75, 3.05) is 12.0 Å². The molecule has 1 saturated heterocycles. The maximum Gasteiger partial charge on any atom is 0.335 e. The third-order valence-electron chi connectivity index (χ3n) is 5.29. The molecule has 7 nitrogen and oxygen atoms in total. The highest BCUT2D eigenvalue weighted by Crippen LogP contribution is 2.42. The van der Waals surface area contributed by atoms with Crippen LogP contribution < -0.4 is 9.64 Å². The van der Waals surface area contributed by atoms with E-state index in [1.165, 1.54) is 30.2 Å². The van der Waals surface area contributed by atoms with E-state index < -0.39 is 23.7 Å². The number of ketones is 1. The van der Waals surface area contributed by atoms with Crippen LogP contribution in [0, 0.1) is 0 Å². The van der Waals surface area contributed by atoms with E-state index in [1.807, 2.05) is 0 Å². The molecule has 1 heterocycles. The number of benzene rings is 3. The standard InChI is InChI=1S/C25H19NO6/c1-32-19-12-10-16(11-13-19)22(27)20-21(15-6-3-2-4-7-15)26(24(29)23(20)28)18-9-5-8-17(14-18)25(30)31/h2-14,21,27H,1H3,(H,30,31)/t21-/m0/s1. The molecule has 0 aromatic heterocycles. The van der Waals surface area contributed by atoms with Crippen molar-refractivity contribution in [2.45, 2.75) is 6.04 Å². The first-order valence-corrected chi connectivity index (χ1v) is 9.76. The Labute approximate surface area is 183 Å². The van der Waals surface area contributed by atoms with Gasteiger partial charge in [-0.2, -0.15) is 0 Å². The summed E-state index contributed by atoms with van der Waals surface area (Å²) in [6, 6.07) is 20.1. The molecule has 7 heteroatoms. The third-order valence-corrected chi connectivity index (χ3v) is 5.29. The van der Waals surface area contributed by atoms with Crippen molar-refractivity contribution in [3.63, 3.8) is 0 Å². The summed E-state index contributed by atoms with van der Waals surface area (Å²) in [5.41, 5.74) is 1.10. The Bertz CT molecular complexity index is 1230. The predicted octanol–water partition coefficient (Wildman–Crippen LogP) is 4.02. The zero-order chi connectivity index (χ0) is 22.8. The van der Waals surface area contributed by atoms with E-state index in [-0.39, 0.29) is 22.6 Å². The van der Waals surface area contributed by atoms with Crippen LogP contribution in [0.5, 0.6) is 5.75 Å². The summed E-state index contributed by atoms with van der Waals surface area (Å²) in [6.45, 7) is 0. The molecule has 0 unspecified atom stereocenters. The van der Waals surface area contributed by atoms with Crippen LogP contribution in [-0.2, 0) is 9.59 Å². The number of carbonyl (C=O) groups excluding carboxylic acids is 2. The lowest BCUT2D eigenvalue weighted by Gasteiger charge is -2.25. The number of carboxylic acids is 1. The minimum atomic E-state index is -1.15. The molecule has 0 spiro atoms. The van der Waals surface area contributed by atoms with E-state index in [9.17, 15) is 24.6 Å². The average molecular weight is 429 g/mol. The summed E-state index contributed by atoms with van der Waals surface area (Å²) in [5.74, 6) is -2.61. The van der Waals surface area contributed by atoms with Crippen LogP contribution in [0.15, 0.2) is 84.4 Å². The van der Waals surface area contributed by atoms with Crippen LogP contribution in [0.3, 0.4) is 0 Å². The van der Waals surface area contributed by atoms with E-state index in [0.29, 0.717) is 16.9 Å². The van der Waals surface area contributed by atoms with Gasteiger partial charge in [0.1, 0.15) is 11.5 Å². The molecule has 1 amide bonds. The van der Waals surface area contributed by atoms with Crippen molar-refractivity contribution < 1.29 is 29.3 Å². The number of aromatic carboxylic acids is 1. The van der Waals surface area contributed by atoms with Gasteiger partial charge in [-0.25, -0.2) is 4.79 Å². The van der Waals surface area contributed by atoms with Crippen LogP contribution in [0.25, 0.3) is 5.76 Å². The second kappa shape index (κ2) is 8.39. The number of carboxylic acid groups (broad SMARTS) is 1. The lowest BCUT2D eigenvalue weighted by molar-refractivity contribution is -0.132. The number of methoxy groups -OCH3 is 1. The Balaban J connectivity index is 1.92. The van der Waals surface area contributed by atoms with E-state index >= 15 is 0 Å². The minimum Gasteiger partial charge on any atom is -0.507 e. The van der Waals surface area contributed by atoms with E-state index in [1.54, 1.807) is 60.7 Å². The van der Waals surface area contributed by atoms with Crippen molar-refractivity contribution >= 4 is 29.1 Å². The summed E-state index contributed by atoms with van der Waals surface area (Å²) in [7, 11) is 1.51. The lowest BCUT2D eigenvalue weighted by atomic mass is 9.95. The molecule has 1 fully saturated rings. The summed E-state index contributed by atoms with van der Waals surface area (Å²) in [5, 5.41) is 20.4. The van der Waals surface area contributed by atoms with Crippen LogP contribution in [0.2, 0.25) is 0 Å². The summed E-state index contributed by atoms with van der Waals surface area (Å²) >= 11 is 0. The van der Waals surface area contributed by atoms with Gasteiger partial charge < -0.3 is 14.9 Å². The number of carbonyl (C=O) groups is 3. The van der Waals surface area contributed by atoms with Crippen molar-refractivity contribution in [1.29, 1.82) is 0 Å². The van der Waals surface area contributed by atoms with Gasteiger partial charge in [0.2, 0.25) is 0 Å². The molecule has 0 bridgehead atoms. The van der Waals surface area contributed by atoms with E-state index in [0.717, 1.165) is 0 Å². The highest BCUT2D eigenvalue weighted by Gasteiger charge is 2.47. The number of hydrogen-bond acceptors (Lipinski definition) is 5. The molecule has 4 rings (SSSR count). The van der Waals surface area contributed by atoms with Gasteiger partial charge in [0.05, 0.1) is 24.3 Å². The van der Waals surface area contributed by atoms with E-state index in [4.69, 9.17) is 4.74 Å². The molecule has 32 heavy (non-hydrogen) atoms. The van der Waals surface area contributed by atoms with Crippen molar-refractivity contribution in [1.82, 2.24) is 0 Å². The van der Waals surface area contributed by atoms with Crippen LogP contribution in [0.4, 0.5) is 5.69 Å². The third kappa shape index (κ3) is 3.60. The zero-order valence-corrected chi connectivity index (χ0v) is 17.1. The van der Waals surface area contributed by atoms with Crippen molar-refractivity contribution in [3.8, 4) is 5.75 Å². The molecule has 3 aromatic carbocycles. The van der Waals surface area contributed by atoms with Gasteiger partial charge in [-0.05, 0) is 48.0 Å². The van der Waals surface area contributed by atoms with Gasteiger partial charge in [-0.3, -0.25) is 14.5 Å². The Morgan fingerprint density at radius 2 is 1.56 bits per heavy atom. The zero-order valence-electron chi connectivity index (χ0n) is 17.1. The quantitative estimate of drug-likeness (QED) is 0.361. The summed E-state index contributed by atoms with van der Waals surface area (Å²) in [6.07, 6.45) is 0. The Morgan fingerprint density at radius 1 is 0.875 bits per heavy atom. The SMILES string of the molecule is COc1ccc(C(O)=C2C(=O)C(=O)N(c3cccc(C(=O)O)c3)[C@H]2c2ccccc2)cc1. The molecule has 160 valence electrons. The van der Waals surface area contributed by atoms with Crippen LogP contribution >= 0.6 is 0 Å². The fourth-order valence-electron chi connectivity index (χ4n) is 3.74. The second-order valence-electron chi connectivity index (χ2n) is 7.16. The molecular formula is C25H19NO6. The Kier molecular flexibility index (Phi) is 5.47. The molecule has 1 aliphatic heterocycles. The van der Waals surface area contributed by atoms with Crippen molar-refractivity contribution in [3.05, 3.63) is 101 Å². The van der Waals surface area contributed by atoms with Crippen LogP contribution in [-0.4, -0.2) is 35.0 Å². The Hall–Kier alpha value is -4.39. The number of aliphatic hydroxyl groups is 1. The monoisotopic (exact) mass is 429 g/mol. The number of rotatable bonds is 5. The number of anilines is 1. The Morgan fingerprint density at radius 3 is 2.19 bits per heavy atom. The number of Topliss-reactive ketones (excluding diaryl/α,β-unsaturated/α-hetero) is 1. The van der Waals surface area contributed by atoms with Gasteiger partial charge in [-0.15, -0.1) is 0 Å². The van der Waals surface area contributed by atoms with Gasteiger partial charge in [-0.1, -0.05) is 36.4 Å². The topological polar surface area (TPSA) is 104 Å². The molecule has 0 saturated carbocycles. The van der Waals surface area contributed by atoms with Gasteiger partial charge in [0.15, 0.2) is 0 Å². The predicted molar refractivity (Wildman–Crippen MR) is 118 cm³/mol. The van der Waals surface area contributed by atoms with Gasteiger partial charge in [0, 0.05) is 11.3 Å². The fraction of sp³-hybridized carbons (Fsp3) is 0.0800. The van der Waals surface area contributed by atoms with E-state index in [2.05, 4.69) is 0 Å². The first-order chi connectivity index (χ1) is 15.4. The minimum absolute atomic E-state index is 0.0219. The summed E-state index contributed by atoms with van der Waals surface area (Å²) < 4.78 is 5.13. The second-order valence-corrected chi connectivity index (χ2v) is 7.16. The molecule has 0 radical (unpaired) electrons. The molecule has 1 aliphatic rings. The molecule has 0 aliphatic carbocycles. The number of hydrogen-bond donors (Lipinski definition) is 2. The number of amides is 1. The first-order valence-electron chi connectivity index (χ1n) is 9.76. The molecule has 2 N–H and O–H groups in total. The molecule has 3 aromatic rings. The largest absolute Gasteiger partial charge is 0.507 e. The highest BCUT2D eigenvalue weighted by molar-refractivity contribution is 6.51. The smallest absolute Gasteiger partial charge is 0.335 e. The average Bonchev–Trinajstić information content (AvgIpc) is 3.09. The van der Waals surface area contributed by atoms with Gasteiger partial charge >= 0.3 is 5.97 Å². The van der Waals surface area contributed by atoms with Crippen LogP contribution in [0.1, 0.15) is 27.5 Å². The van der Waals surface area contributed by atoms with Crippen molar-refractivity contribution in [2.24, 2.45) is 0 Å². The van der Waals surface area contributed by atoms with Gasteiger partial charge in [0.25, 0.3) is 11.7 Å². The molecular weight excluding hydrogens is 410 g/mol. The normalized spacial score (nSPS) is 17.4. The molecule has 1 atom stereocenters.